The van der Waals surface area contributed by atoms with Crippen molar-refractivity contribution < 1.29 is 24.2 Å². The van der Waals surface area contributed by atoms with Gasteiger partial charge in [-0.2, -0.15) is 0 Å². The zero-order valence-corrected chi connectivity index (χ0v) is 20.4. The summed E-state index contributed by atoms with van der Waals surface area (Å²) in [6.07, 6.45) is -0.197. The molecule has 2 amide bonds. The molecule has 0 radical (unpaired) electrons. The molecule has 2 N–H and O–H groups in total. The zero-order valence-electron chi connectivity index (χ0n) is 20.4. The number of carboxylic acids is 1. The molecule has 1 heterocycles. The van der Waals surface area contributed by atoms with E-state index in [0.29, 0.717) is 0 Å². The highest BCUT2D eigenvalue weighted by Gasteiger charge is 2.37. The summed E-state index contributed by atoms with van der Waals surface area (Å²) in [6.45, 7) is 4.24. The topological polar surface area (TPSA) is 95.9 Å². The van der Waals surface area contributed by atoms with E-state index in [1.54, 1.807) is 0 Å². The van der Waals surface area contributed by atoms with Crippen LogP contribution in [-0.4, -0.2) is 40.1 Å². The molecule has 186 valence electrons. The average molecular weight is 487 g/mol. The summed E-state index contributed by atoms with van der Waals surface area (Å²) >= 11 is 0. The van der Waals surface area contributed by atoms with Crippen LogP contribution >= 0.6 is 0 Å². The van der Waals surface area contributed by atoms with Crippen molar-refractivity contribution >= 4 is 18.0 Å². The predicted molar refractivity (Wildman–Crippen MR) is 135 cm³/mol. The van der Waals surface area contributed by atoms with E-state index >= 15 is 0 Å². The van der Waals surface area contributed by atoms with Gasteiger partial charge in [-0.3, -0.25) is 9.69 Å². The van der Waals surface area contributed by atoms with Gasteiger partial charge in [0, 0.05) is 12.8 Å². The number of nitrogens with one attached hydrogen (secondary N) is 1. The van der Waals surface area contributed by atoms with Crippen LogP contribution in [0.4, 0.5) is 4.79 Å². The first kappa shape index (κ1) is 25.0. The second kappa shape index (κ2) is 11.1. The van der Waals surface area contributed by atoms with Crippen LogP contribution in [0.15, 0.2) is 72.8 Å². The summed E-state index contributed by atoms with van der Waals surface area (Å²) in [6, 6.07) is 20.6. The number of carbonyl (C=O) groups excluding carboxylic acids is 2. The van der Waals surface area contributed by atoms with Crippen molar-refractivity contribution in [3.05, 3.63) is 106 Å². The van der Waals surface area contributed by atoms with Crippen molar-refractivity contribution in [2.24, 2.45) is 0 Å². The van der Waals surface area contributed by atoms with Crippen LogP contribution in [0, 0.1) is 13.8 Å². The number of aliphatic carboxylic acids is 1. The lowest BCUT2D eigenvalue weighted by Gasteiger charge is -2.35. The maximum Gasteiger partial charge on any atom is 0.411 e. The van der Waals surface area contributed by atoms with Gasteiger partial charge < -0.3 is 15.2 Å². The average Bonchev–Trinajstić information content (AvgIpc) is 2.88. The normalized spacial score (nSPS) is 15.5. The van der Waals surface area contributed by atoms with E-state index < -0.39 is 30.1 Å². The minimum atomic E-state index is -1.13. The molecule has 0 unspecified atom stereocenters. The summed E-state index contributed by atoms with van der Waals surface area (Å²) in [5.74, 6) is -1.65. The minimum Gasteiger partial charge on any atom is -0.480 e. The first-order chi connectivity index (χ1) is 17.3. The number of nitrogens with zero attached hydrogens (tertiary/aromatic N) is 1. The lowest BCUT2D eigenvalue weighted by atomic mass is 9.93. The number of aryl methyl sites for hydroxylation is 2. The van der Waals surface area contributed by atoms with Crippen LogP contribution in [-0.2, 0) is 40.3 Å². The van der Waals surface area contributed by atoms with Crippen LogP contribution in [0.3, 0.4) is 0 Å². The molecule has 0 spiro atoms. The fraction of sp³-hybridized carbons (Fsp3) is 0.276. The molecule has 1 aliphatic heterocycles. The van der Waals surface area contributed by atoms with Crippen molar-refractivity contribution in [1.82, 2.24) is 10.2 Å². The van der Waals surface area contributed by atoms with Gasteiger partial charge in [0.1, 0.15) is 18.7 Å². The van der Waals surface area contributed by atoms with E-state index in [2.05, 4.69) is 5.32 Å². The van der Waals surface area contributed by atoms with Gasteiger partial charge in [-0.15, -0.1) is 0 Å². The number of carboxylic acid groups (broad SMARTS) is 1. The van der Waals surface area contributed by atoms with Crippen molar-refractivity contribution in [3.63, 3.8) is 0 Å². The van der Waals surface area contributed by atoms with Gasteiger partial charge in [-0.1, -0.05) is 72.8 Å². The number of amides is 2. The van der Waals surface area contributed by atoms with E-state index in [1.807, 2.05) is 86.6 Å². The number of ether oxygens (including phenoxy) is 1. The van der Waals surface area contributed by atoms with Crippen LogP contribution in [0.1, 0.15) is 33.4 Å². The molecule has 36 heavy (non-hydrogen) atoms. The molecule has 3 aromatic rings. The number of benzene rings is 3. The quantitative estimate of drug-likeness (QED) is 0.522. The molecule has 1 aliphatic rings. The third-order valence-corrected chi connectivity index (χ3v) is 6.62. The predicted octanol–water partition coefficient (Wildman–Crippen LogP) is 4.18. The van der Waals surface area contributed by atoms with E-state index in [4.69, 9.17) is 4.74 Å². The molecular formula is C29H30N2O5. The standard InChI is InChI=1S/C29H30N2O5/c1-19-12-13-22(14-20(19)2)15-25(28(33)34)30-27(32)26-16-23-10-6-7-11-24(23)17-31(26)29(35)36-18-21-8-4-3-5-9-21/h3-14,25-26H,15-18H2,1-2H3,(H,30,32)(H,33,34)/t25-,26+/m1/s1. The SMILES string of the molecule is Cc1ccc(C[C@@H](NC(=O)[C@@H]2Cc3ccccc3CN2C(=O)OCc2ccccc2)C(=O)O)cc1C. The Kier molecular flexibility index (Phi) is 7.68. The number of hydrogen-bond donors (Lipinski definition) is 2. The number of fused-ring (bicyclic) bond motifs is 1. The highest BCUT2D eigenvalue weighted by atomic mass is 16.6. The second-order valence-electron chi connectivity index (χ2n) is 9.18. The third-order valence-electron chi connectivity index (χ3n) is 6.62. The Hall–Kier alpha value is -4.13. The van der Waals surface area contributed by atoms with E-state index in [9.17, 15) is 19.5 Å². The number of carbonyl (C=O) groups is 3. The van der Waals surface area contributed by atoms with Gasteiger partial charge >= 0.3 is 12.1 Å². The Bertz CT molecular complexity index is 1260. The Morgan fingerprint density at radius 2 is 1.64 bits per heavy atom. The highest BCUT2D eigenvalue weighted by molar-refractivity contribution is 5.90. The minimum absolute atomic E-state index is 0.0800. The molecule has 3 aromatic carbocycles. The first-order valence-electron chi connectivity index (χ1n) is 11.9. The smallest absolute Gasteiger partial charge is 0.411 e. The van der Waals surface area contributed by atoms with Gasteiger partial charge in [0.2, 0.25) is 5.91 Å². The Balaban J connectivity index is 1.52. The number of hydrogen-bond acceptors (Lipinski definition) is 4. The van der Waals surface area contributed by atoms with Crippen molar-refractivity contribution in [2.45, 2.75) is 51.9 Å². The maximum atomic E-state index is 13.4. The molecule has 4 rings (SSSR count). The molecule has 0 saturated carbocycles. The molecule has 0 fully saturated rings. The van der Waals surface area contributed by atoms with Gasteiger partial charge in [0.25, 0.3) is 0 Å². The fourth-order valence-electron chi connectivity index (χ4n) is 4.39. The summed E-state index contributed by atoms with van der Waals surface area (Å²) in [5, 5.41) is 12.5. The maximum absolute atomic E-state index is 13.4. The van der Waals surface area contributed by atoms with Crippen molar-refractivity contribution in [2.75, 3.05) is 0 Å². The van der Waals surface area contributed by atoms with E-state index in [1.165, 1.54) is 4.90 Å². The Labute approximate surface area is 210 Å². The molecular weight excluding hydrogens is 456 g/mol. The molecule has 0 bridgehead atoms. The zero-order chi connectivity index (χ0) is 25.7. The van der Waals surface area contributed by atoms with E-state index in [0.717, 1.165) is 33.4 Å². The van der Waals surface area contributed by atoms with Gasteiger partial charge in [0.15, 0.2) is 0 Å². The molecule has 2 atom stereocenters. The molecule has 0 aromatic heterocycles. The summed E-state index contributed by atoms with van der Waals surface area (Å²) in [4.78, 5) is 39.9. The fourth-order valence-corrected chi connectivity index (χ4v) is 4.39. The molecule has 7 heteroatoms. The van der Waals surface area contributed by atoms with Gasteiger partial charge in [0.05, 0.1) is 6.54 Å². The molecule has 7 nitrogen and oxygen atoms in total. The Morgan fingerprint density at radius 3 is 2.33 bits per heavy atom. The summed E-state index contributed by atoms with van der Waals surface area (Å²) in [7, 11) is 0. The lowest BCUT2D eigenvalue weighted by molar-refractivity contribution is -0.142. The van der Waals surface area contributed by atoms with Gasteiger partial charge in [-0.25, -0.2) is 9.59 Å². The lowest BCUT2D eigenvalue weighted by Crippen LogP contribution is -2.56. The van der Waals surface area contributed by atoms with Crippen LogP contribution in [0.25, 0.3) is 0 Å². The number of rotatable bonds is 7. The van der Waals surface area contributed by atoms with Crippen LogP contribution in [0.2, 0.25) is 0 Å². The summed E-state index contributed by atoms with van der Waals surface area (Å²) < 4.78 is 5.53. The first-order valence-corrected chi connectivity index (χ1v) is 11.9. The van der Waals surface area contributed by atoms with Crippen molar-refractivity contribution in [1.29, 1.82) is 0 Å². The monoisotopic (exact) mass is 486 g/mol. The van der Waals surface area contributed by atoms with E-state index in [-0.39, 0.29) is 26.0 Å². The van der Waals surface area contributed by atoms with Gasteiger partial charge in [-0.05, 0) is 47.2 Å². The Morgan fingerprint density at radius 1 is 0.944 bits per heavy atom. The van der Waals surface area contributed by atoms with Crippen LogP contribution < -0.4 is 5.32 Å². The summed E-state index contributed by atoms with van der Waals surface area (Å²) in [5.41, 5.74) is 5.70. The molecule has 0 saturated heterocycles. The van der Waals surface area contributed by atoms with Crippen LogP contribution in [0.5, 0.6) is 0 Å². The van der Waals surface area contributed by atoms with Crippen molar-refractivity contribution in [3.8, 4) is 0 Å². The largest absolute Gasteiger partial charge is 0.480 e. The molecule has 0 aliphatic carbocycles. The third kappa shape index (κ3) is 5.92. The second-order valence-corrected chi connectivity index (χ2v) is 9.18. The highest BCUT2D eigenvalue weighted by Crippen LogP contribution is 2.25.